The number of rotatable bonds is 7. The Balaban J connectivity index is 1.52. The third-order valence-electron chi connectivity index (χ3n) is 5.07. The molecule has 5 nitrogen and oxygen atoms in total. The zero-order valence-corrected chi connectivity index (χ0v) is 17.3. The summed E-state index contributed by atoms with van der Waals surface area (Å²) >= 11 is 0. The lowest BCUT2D eigenvalue weighted by Crippen LogP contribution is -2.28. The second-order valence-electron chi connectivity index (χ2n) is 7.42. The Morgan fingerprint density at radius 2 is 1.77 bits per heavy atom. The summed E-state index contributed by atoms with van der Waals surface area (Å²) in [4.78, 5) is 17.4. The number of carbonyl (C=O) groups is 1. The van der Waals surface area contributed by atoms with Crippen LogP contribution in [0, 0.1) is 13.8 Å². The van der Waals surface area contributed by atoms with Crippen LogP contribution in [0.15, 0.2) is 72.8 Å². The maximum atomic E-state index is 12.7. The summed E-state index contributed by atoms with van der Waals surface area (Å²) in [6.45, 7) is 5.05. The predicted octanol–water partition coefficient (Wildman–Crippen LogP) is 4.55. The Kier molecular flexibility index (Phi) is 5.80. The van der Waals surface area contributed by atoms with Crippen molar-refractivity contribution >= 4 is 16.9 Å². The molecule has 0 saturated carbocycles. The fourth-order valence-corrected chi connectivity index (χ4v) is 3.41. The molecule has 0 unspecified atom stereocenters. The van der Waals surface area contributed by atoms with E-state index in [9.17, 15) is 4.79 Å². The van der Waals surface area contributed by atoms with E-state index in [-0.39, 0.29) is 12.5 Å². The van der Waals surface area contributed by atoms with Crippen molar-refractivity contribution in [2.45, 2.75) is 33.5 Å². The molecule has 3 aromatic carbocycles. The van der Waals surface area contributed by atoms with Crippen LogP contribution in [0.4, 0.5) is 0 Å². The molecule has 1 N–H and O–H groups in total. The Morgan fingerprint density at radius 3 is 2.60 bits per heavy atom. The van der Waals surface area contributed by atoms with Crippen LogP contribution in [0.5, 0.6) is 5.75 Å². The van der Waals surface area contributed by atoms with Crippen molar-refractivity contribution in [2.24, 2.45) is 0 Å². The first-order chi connectivity index (χ1) is 14.6. The Bertz CT molecular complexity index is 1170. The first-order valence-corrected chi connectivity index (χ1v) is 10.0. The van der Waals surface area contributed by atoms with Crippen LogP contribution in [0.1, 0.15) is 22.5 Å². The van der Waals surface area contributed by atoms with E-state index in [1.54, 1.807) is 0 Å². The molecule has 0 aliphatic heterocycles. The Morgan fingerprint density at radius 1 is 1.00 bits per heavy atom. The van der Waals surface area contributed by atoms with Gasteiger partial charge in [-0.15, -0.1) is 0 Å². The lowest BCUT2D eigenvalue weighted by Gasteiger charge is -2.12. The molecule has 1 heterocycles. The molecule has 0 spiro atoms. The summed E-state index contributed by atoms with van der Waals surface area (Å²) in [7, 11) is 0. The minimum absolute atomic E-state index is 0.0602. The van der Waals surface area contributed by atoms with Crippen LogP contribution in [0.3, 0.4) is 0 Å². The lowest BCUT2D eigenvalue weighted by molar-refractivity contribution is -0.121. The van der Waals surface area contributed by atoms with E-state index in [1.165, 1.54) is 0 Å². The highest BCUT2D eigenvalue weighted by atomic mass is 16.5. The maximum absolute atomic E-state index is 12.7. The summed E-state index contributed by atoms with van der Waals surface area (Å²) in [5, 5.41) is 2.99. The van der Waals surface area contributed by atoms with Gasteiger partial charge < -0.3 is 14.6 Å². The predicted molar refractivity (Wildman–Crippen MR) is 118 cm³/mol. The molecule has 0 aliphatic rings. The summed E-state index contributed by atoms with van der Waals surface area (Å²) in [6, 6.07) is 23.9. The highest BCUT2D eigenvalue weighted by molar-refractivity contribution is 5.81. The quantitative estimate of drug-likeness (QED) is 0.496. The van der Waals surface area contributed by atoms with Gasteiger partial charge in [0, 0.05) is 6.54 Å². The van der Waals surface area contributed by atoms with E-state index in [0.29, 0.717) is 13.2 Å². The van der Waals surface area contributed by atoms with Gasteiger partial charge in [-0.2, -0.15) is 0 Å². The van der Waals surface area contributed by atoms with Crippen molar-refractivity contribution in [1.82, 2.24) is 14.9 Å². The number of aromatic nitrogens is 2. The van der Waals surface area contributed by atoms with Crippen LogP contribution in [-0.4, -0.2) is 15.5 Å². The first kappa shape index (κ1) is 19.7. The summed E-state index contributed by atoms with van der Waals surface area (Å²) in [5.41, 5.74) is 5.06. The number of ether oxygens (including phenoxy) is 1. The van der Waals surface area contributed by atoms with Crippen LogP contribution >= 0.6 is 0 Å². The second-order valence-corrected chi connectivity index (χ2v) is 7.42. The monoisotopic (exact) mass is 399 g/mol. The van der Waals surface area contributed by atoms with Gasteiger partial charge in [-0.05, 0) is 48.7 Å². The maximum Gasteiger partial charge on any atom is 0.240 e. The molecule has 1 aromatic heterocycles. The van der Waals surface area contributed by atoms with E-state index in [4.69, 9.17) is 9.72 Å². The average molecular weight is 399 g/mol. The number of aryl methyl sites for hydroxylation is 2. The van der Waals surface area contributed by atoms with E-state index >= 15 is 0 Å². The molecule has 30 heavy (non-hydrogen) atoms. The van der Waals surface area contributed by atoms with Crippen molar-refractivity contribution in [3.05, 3.63) is 95.3 Å². The van der Waals surface area contributed by atoms with Crippen LogP contribution < -0.4 is 10.1 Å². The highest BCUT2D eigenvalue weighted by Crippen LogP contribution is 2.22. The molecule has 0 radical (unpaired) electrons. The number of imidazole rings is 1. The zero-order valence-electron chi connectivity index (χ0n) is 17.3. The average Bonchev–Trinajstić information content (AvgIpc) is 3.11. The van der Waals surface area contributed by atoms with Crippen molar-refractivity contribution in [3.8, 4) is 5.75 Å². The number of fused-ring (bicyclic) bond motifs is 1. The van der Waals surface area contributed by atoms with Gasteiger partial charge in [-0.1, -0.05) is 54.6 Å². The molecule has 0 atom stereocenters. The fourth-order valence-electron chi connectivity index (χ4n) is 3.41. The normalized spacial score (nSPS) is 10.9. The third kappa shape index (κ3) is 4.51. The first-order valence-electron chi connectivity index (χ1n) is 10.0. The molecule has 5 heteroatoms. The Hall–Kier alpha value is -3.60. The number of nitrogens with one attached hydrogen (secondary N) is 1. The zero-order chi connectivity index (χ0) is 20.9. The molecule has 4 aromatic rings. The van der Waals surface area contributed by atoms with Crippen molar-refractivity contribution in [3.63, 3.8) is 0 Å². The number of nitrogens with zero attached hydrogens (tertiary/aromatic N) is 2. The van der Waals surface area contributed by atoms with Gasteiger partial charge in [0.15, 0.2) is 0 Å². The molecular formula is C25H25N3O2. The minimum atomic E-state index is -0.0602. The summed E-state index contributed by atoms with van der Waals surface area (Å²) in [5.74, 6) is 1.50. The van der Waals surface area contributed by atoms with E-state index in [1.807, 2.05) is 85.1 Å². The van der Waals surface area contributed by atoms with Gasteiger partial charge in [0.05, 0.1) is 11.0 Å². The molecule has 1 amide bonds. The van der Waals surface area contributed by atoms with Crippen LogP contribution in [-0.2, 0) is 24.5 Å². The number of carbonyl (C=O) groups excluding carboxylic acids is 1. The molecular weight excluding hydrogens is 374 g/mol. The summed E-state index contributed by atoms with van der Waals surface area (Å²) in [6.07, 6.45) is 0. The standard InChI is InChI=1S/C25H25N3O2/c1-18-12-13-19(2)23(14-18)30-17-24-27-21-10-6-7-11-22(21)28(24)16-25(29)26-15-20-8-4-3-5-9-20/h3-14H,15-17H2,1-2H3,(H,26,29). The number of hydrogen-bond donors (Lipinski definition) is 1. The van der Waals surface area contributed by atoms with E-state index in [2.05, 4.69) is 11.4 Å². The molecule has 4 rings (SSSR count). The van der Waals surface area contributed by atoms with E-state index < -0.39 is 0 Å². The smallest absolute Gasteiger partial charge is 0.240 e. The number of benzene rings is 3. The van der Waals surface area contributed by atoms with Gasteiger partial charge in [0.1, 0.15) is 24.7 Å². The van der Waals surface area contributed by atoms with Crippen LogP contribution in [0.25, 0.3) is 11.0 Å². The number of para-hydroxylation sites is 2. The largest absolute Gasteiger partial charge is 0.485 e. The third-order valence-corrected chi connectivity index (χ3v) is 5.07. The highest BCUT2D eigenvalue weighted by Gasteiger charge is 2.14. The fraction of sp³-hybridized carbons (Fsp3) is 0.200. The van der Waals surface area contributed by atoms with E-state index in [0.717, 1.165) is 39.3 Å². The topological polar surface area (TPSA) is 56.2 Å². The second kappa shape index (κ2) is 8.82. The van der Waals surface area contributed by atoms with Gasteiger partial charge in [0.25, 0.3) is 0 Å². The van der Waals surface area contributed by atoms with Gasteiger partial charge in [-0.3, -0.25) is 4.79 Å². The minimum Gasteiger partial charge on any atom is -0.485 e. The Labute approximate surface area is 176 Å². The molecule has 152 valence electrons. The SMILES string of the molecule is Cc1ccc(C)c(OCc2nc3ccccc3n2CC(=O)NCc2ccccc2)c1. The molecule has 0 saturated heterocycles. The van der Waals surface area contributed by atoms with Crippen LogP contribution in [0.2, 0.25) is 0 Å². The molecule has 0 bridgehead atoms. The van der Waals surface area contributed by atoms with Gasteiger partial charge in [-0.25, -0.2) is 4.98 Å². The number of amides is 1. The number of hydrogen-bond acceptors (Lipinski definition) is 3. The van der Waals surface area contributed by atoms with Crippen molar-refractivity contribution < 1.29 is 9.53 Å². The molecule has 0 fully saturated rings. The van der Waals surface area contributed by atoms with Gasteiger partial charge >= 0.3 is 0 Å². The van der Waals surface area contributed by atoms with Crippen molar-refractivity contribution in [1.29, 1.82) is 0 Å². The van der Waals surface area contributed by atoms with Crippen molar-refractivity contribution in [2.75, 3.05) is 0 Å². The molecule has 0 aliphatic carbocycles. The van der Waals surface area contributed by atoms with Gasteiger partial charge in [0.2, 0.25) is 5.91 Å². The summed E-state index contributed by atoms with van der Waals surface area (Å²) < 4.78 is 8.00. The lowest BCUT2D eigenvalue weighted by atomic mass is 10.1.